The smallest absolute Gasteiger partial charge is 0.255 e. The molecule has 8 heteroatoms. The number of aryl methyl sites for hydroxylation is 1. The molecular formula is C29H31N7O. The maximum absolute atomic E-state index is 13.0. The highest BCUT2D eigenvalue weighted by molar-refractivity contribution is 6.04. The number of pyridine rings is 1. The van der Waals surface area contributed by atoms with Crippen LogP contribution >= 0.6 is 0 Å². The summed E-state index contributed by atoms with van der Waals surface area (Å²) in [7, 11) is 0. The number of benzene rings is 2. The summed E-state index contributed by atoms with van der Waals surface area (Å²) in [4.78, 5) is 29.8. The van der Waals surface area contributed by atoms with Gasteiger partial charge in [0.1, 0.15) is 0 Å². The van der Waals surface area contributed by atoms with Gasteiger partial charge in [0.15, 0.2) is 0 Å². The summed E-state index contributed by atoms with van der Waals surface area (Å²) in [6.07, 6.45) is 5.17. The summed E-state index contributed by atoms with van der Waals surface area (Å²) < 4.78 is 22.7. The van der Waals surface area contributed by atoms with Crippen molar-refractivity contribution < 1.29 is 8.91 Å². The van der Waals surface area contributed by atoms with Gasteiger partial charge in [-0.2, -0.15) is 0 Å². The van der Waals surface area contributed by atoms with Crippen LogP contribution < -0.4 is 10.6 Å². The summed E-state index contributed by atoms with van der Waals surface area (Å²) in [6.45, 7) is 3.09. The van der Waals surface area contributed by atoms with Crippen molar-refractivity contribution in [2.45, 2.75) is 13.5 Å². The number of anilines is 3. The average Bonchev–Trinajstić information content (AvgIpc) is 2.96. The molecule has 5 rings (SSSR count). The minimum absolute atomic E-state index is 0.206. The molecule has 37 heavy (non-hydrogen) atoms. The van der Waals surface area contributed by atoms with Crippen LogP contribution in [0.2, 0.25) is 0 Å². The number of hydrogen-bond acceptors (Lipinski definition) is 7. The molecule has 0 aliphatic carbocycles. The van der Waals surface area contributed by atoms with Gasteiger partial charge >= 0.3 is 0 Å². The van der Waals surface area contributed by atoms with Crippen LogP contribution in [0.25, 0.3) is 11.3 Å². The highest BCUT2D eigenvalue weighted by Crippen LogP contribution is 2.24. The van der Waals surface area contributed by atoms with Crippen LogP contribution in [0.3, 0.4) is 0 Å². The van der Waals surface area contributed by atoms with Crippen molar-refractivity contribution in [2.75, 3.05) is 43.8 Å². The van der Waals surface area contributed by atoms with E-state index in [1.54, 1.807) is 18.6 Å². The van der Waals surface area contributed by atoms with Crippen molar-refractivity contribution in [3.63, 3.8) is 0 Å². The zero-order valence-corrected chi connectivity index (χ0v) is 20.7. The van der Waals surface area contributed by atoms with Crippen LogP contribution in [0.4, 0.5) is 17.3 Å². The Balaban J connectivity index is 1.20. The Hall–Kier alpha value is -4.14. The van der Waals surface area contributed by atoms with Gasteiger partial charge in [0.05, 0.1) is 5.69 Å². The second-order valence-electron chi connectivity index (χ2n) is 9.08. The number of hydrogen-bond donors (Lipinski definition) is 2. The molecule has 188 valence electrons. The summed E-state index contributed by atoms with van der Waals surface area (Å²) in [5.41, 5.74) is 5.71. The zero-order chi connectivity index (χ0) is 28.1. The Morgan fingerprint density at radius 1 is 1.03 bits per heavy atom. The quantitative estimate of drug-likeness (QED) is 0.361. The van der Waals surface area contributed by atoms with Crippen LogP contribution in [0.1, 0.15) is 25.6 Å². The lowest BCUT2D eigenvalue weighted by atomic mass is 10.1. The molecule has 3 heterocycles. The molecule has 1 aliphatic rings. The van der Waals surface area contributed by atoms with Crippen LogP contribution in [-0.4, -0.2) is 63.8 Å². The van der Waals surface area contributed by atoms with Gasteiger partial charge in [-0.3, -0.25) is 14.7 Å². The van der Waals surface area contributed by atoms with Gasteiger partial charge in [0.25, 0.3) is 5.91 Å². The molecule has 0 radical (unpaired) electrons. The van der Waals surface area contributed by atoms with Gasteiger partial charge in [0, 0.05) is 77.9 Å². The molecule has 0 atom stereocenters. The van der Waals surface area contributed by atoms with E-state index in [1.807, 2.05) is 67.6 Å². The lowest BCUT2D eigenvalue weighted by Crippen LogP contribution is -2.43. The monoisotopic (exact) mass is 497 g/mol. The van der Waals surface area contributed by atoms with E-state index < -0.39 is 6.98 Å². The van der Waals surface area contributed by atoms with Crippen molar-refractivity contribution in [3.05, 3.63) is 95.9 Å². The van der Waals surface area contributed by atoms with Crippen molar-refractivity contribution >= 4 is 23.2 Å². The van der Waals surface area contributed by atoms with Crippen LogP contribution in [0.5, 0.6) is 0 Å². The molecule has 2 aromatic heterocycles. The van der Waals surface area contributed by atoms with E-state index in [0.29, 0.717) is 49.9 Å². The predicted molar refractivity (Wildman–Crippen MR) is 147 cm³/mol. The highest BCUT2D eigenvalue weighted by Gasteiger charge is 2.14. The number of piperazine rings is 1. The largest absolute Gasteiger partial charge is 0.324 e. The molecule has 2 aromatic carbocycles. The molecule has 0 bridgehead atoms. The average molecular weight is 498 g/mol. The van der Waals surface area contributed by atoms with Crippen LogP contribution in [-0.2, 0) is 6.54 Å². The summed E-state index contributed by atoms with van der Waals surface area (Å²) in [5.74, 6) is 0.241. The molecule has 1 saturated heterocycles. The lowest BCUT2D eigenvalue weighted by molar-refractivity contribution is 0.102. The number of likely N-dealkylation sites (N-methyl/N-ethyl adjacent to an activating group) is 1. The zero-order valence-electron chi connectivity index (χ0n) is 23.7. The SMILES string of the molecule is [2H][13C]([2H])([2H])N1CCN(Cc2ccc(C(=O)Nc3ccc(C)c(Nc4nccc(-c5cccnc5)n4)c3)cc2)CC1. The maximum Gasteiger partial charge on any atom is 0.255 e. The normalized spacial score (nSPS) is 15.9. The third kappa shape index (κ3) is 6.35. The number of nitrogens with zero attached hydrogens (tertiary/aromatic N) is 5. The first-order valence-corrected chi connectivity index (χ1v) is 12.2. The Labute approximate surface area is 221 Å². The summed E-state index contributed by atoms with van der Waals surface area (Å²) >= 11 is 0. The second-order valence-corrected chi connectivity index (χ2v) is 9.08. The fourth-order valence-electron chi connectivity index (χ4n) is 4.18. The number of carbonyl (C=O) groups excluding carboxylic acids is 1. The molecule has 0 saturated carbocycles. The van der Waals surface area contributed by atoms with Gasteiger partial charge < -0.3 is 15.5 Å². The Bertz CT molecular complexity index is 1450. The van der Waals surface area contributed by atoms with Crippen molar-refractivity contribution in [1.29, 1.82) is 0 Å². The van der Waals surface area contributed by atoms with Gasteiger partial charge in [-0.05, 0) is 67.5 Å². The highest BCUT2D eigenvalue weighted by atomic mass is 16.1. The van der Waals surface area contributed by atoms with Crippen molar-refractivity contribution in [3.8, 4) is 11.3 Å². The van der Waals surface area contributed by atoms with E-state index >= 15 is 0 Å². The number of aromatic nitrogens is 3. The van der Waals surface area contributed by atoms with Gasteiger partial charge in [-0.15, -0.1) is 0 Å². The van der Waals surface area contributed by atoms with E-state index in [-0.39, 0.29) is 5.91 Å². The first-order chi connectivity index (χ1) is 19.2. The first-order valence-electron chi connectivity index (χ1n) is 13.7. The molecule has 0 spiro atoms. The van der Waals surface area contributed by atoms with Crippen molar-refractivity contribution in [2.24, 2.45) is 0 Å². The molecule has 1 aliphatic heterocycles. The summed E-state index contributed by atoms with van der Waals surface area (Å²) in [5, 5.41) is 6.23. The Kier molecular flexibility index (Phi) is 6.40. The minimum atomic E-state index is -2.03. The number of nitrogens with one attached hydrogen (secondary N) is 2. The predicted octanol–water partition coefficient (Wildman–Crippen LogP) is 4.59. The molecule has 1 amide bonds. The molecular weight excluding hydrogens is 463 g/mol. The van der Waals surface area contributed by atoms with Gasteiger partial charge in [-0.25, -0.2) is 9.97 Å². The molecule has 8 nitrogen and oxygen atoms in total. The number of carbonyl (C=O) groups is 1. The van der Waals surface area contributed by atoms with E-state index in [4.69, 9.17) is 4.11 Å². The molecule has 0 unspecified atom stereocenters. The van der Waals surface area contributed by atoms with E-state index in [2.05, 4.69) is 30.5 Å². The van der Waals surface area contributed by atoms with E-state index in [1.165, 1.54) is 4.90 Å². The van der Waals surface area contributed by atoms with Crippen LogP contribution in [0.15, 0.2) is 79.3 Å². The molecule has 2 N–H and O–H groups in total. The molecule has 4 aromatic rings. The van der Waals surface area contributed by atoms with E-state index in [0.717, 1.165) is 28.1 Å². The fraction of sp³-hybridized carbons (Fsp3) is 0.241. The van der Waals surface area contributed by atoms with E-state index in [9.17, 15) is 4.79 Å². The Morgan fingerprint density at radius 2 is 1.86 bits per heavy atom. The number of rotatable bonds is 7. The van der Waals surface area contributed by atoms with Crippen molar-refractivity contribution in [1.82, 2.24) is 24.8 Å². The molecule has 1 fully saturated rings. The topological polar surface area (TPSA) is 86.3 Å². The Morgan fingerprint density at radius 3 is 2.62 bits per heavy atom. The summed E-state index contributed by atoms with van der Waals surface area (Å²) in [6, 6.07) is 18.8. The van der Waals surface area contributed by atoms with Gasteiger partial charge in [0.2, 0.25) is 5.95 Å². The van der Waals surface area contributed by atoms with Gasteiger partial charge in [-0.1, -0.05) is 18.2 Å². The standard InChI is InChI=1S/C29H31N7O/c1-21-5-10-25(18-27(21)34-29-31-13-11-26(33-29)24-4-3-12-30-19-24)32-28(37)23-8-6-22(7-9-23)20-36-16-14-35(2)15-17-36/h3-13,18-19H,14-17,20H2,1-2H3,(H,32,37)(H,31,33,34)/i2+1D3. The third-order valence-electron chi connectivity index (χ3n) is 6.35. The first kappa shape index (κ1) is 21.0. The maximum atomic E-state index is 13.0. The minimum Gasteiger partial charge on any atom is -0.324 e. The lowest BCUT2D eigenvalue weighted by Gasteiger charge is -2.32. The third-order valence-corrected chi connectivity index (χ3v) is 6.35. The fourth-order valence-corrected chi connectivity index (χ4v) is 4.18. The van der Waals surface area contributed by atoms with Crippen LogP contribution in [0, 0.1) is 6.92 Å². The second kappa shape index (κ2) is 11.3. The number of amides is 1.